The monoisotopic (exact) mass is 368 g/mol. The lowest BCUT2D eigenvalue weighted by Gasteiger charge is -2.23. The van der Waals surface area contributed by atoms with Crippen LogP contribution in [0.3, 0.4) is 0 Å². The van der Waals surface area contributed by atoms with Crippen molar-refractivity contribution in [1.82, 2.24) is 4.90 Å². The summed E-state index contributed by atoms with van der Waals surface area (Å²) in [4.78, 5) is 15.6. The van der Waals surface area contributed by atoms with Crippen LogP contribution in [-0.4, -0.2) is 38.1 Å². The van der Waals surface area contributed by atoms with Crippen LogP contribution in [-0.2, 0) is 11.3 Å². The van der Waals surface area contributed by atoms with Crippen molar-refractivity contribution >= 4 is 34.5 Å². The molecule has 2 aromatic rings. The largest absolute Gasteiger partial charge is 0.497 e. The summed E-state index contributed by atoms with van der Waals surface area (Å²) in [6.07, 6.45) is 0. The summed E-state index contributed by atoms with van der Waals surface area (Å²) in [6.45, 7) is 2.52. The number of carbonyl (C=O) groups is 1. The first-order chi connectivity index (χ1) is 11.4. The number of halogens is 1. The Hall–Kier alpha value is -1.76. The van der Waals surface area contributed by atoms with Crippen LogP contribution in [0.5, 0.6) is 11.5 Å². The van der Waals surface area contributed by atoms with Crippen molar-refractivity contribution in [3.05, 3.63) is 39.5 Å². The first-order valence-corrected chi connectivity index (χ1v) is 8.61. The van der Waals surface area contributed by atoms with Crippen molar-refractivity contribution in [2.45, 2.75) is 19.5 Å². The molecular weight excluding hydrogens is 348 g/mol. The van der Waals surface area contributed by atoms with Crippen molar-refractivity contribution in [2.24, 2.45) is 0 Å². The van der Waals surface area contributed by atoms with Crippen molar-refractivity contribution in [1.29, 1.82) is 0 Å². The SMILES string of the molecule is COc1ccc(NC(=O)C(C)N(C)Cc2ccc(Cl)s2)c(OC)c1. The molecule has 5 nitrogen and oxygen atoms in total. The van der Waals surface area contributed by atoms with Crippen LogP contribution in [0.4, 0.5) is 5.69 Å². The molecule has 0 aliphatic carbocycles. The van der Waals surface area contributed by atoms with Gasteiger partial charge in [0.15, 0.2) is 0 Å². The molecule has 1 atom stereocenters. The highest BCUT2D eigenvalue weighted by Gasteiger charge is 2.20. The van der Waals surface area contributed by atoms with E-state index in [9.17, 15) is 4.79 Å². The van der Waals surface area contributed by atoms with E-state index in [2.05, 4.69) is 5.32 Å². The molecule has 1 aromatic carbocycles. The second kappa shape index (κ2) is 8.37. The number of hydrogen-bond donors (Lipinski definition) is 1. The normalized spacial score (nSPS) is 12.1. The topological polar surface area (TPSA) is 50.8 Å². The van der Waals surface area contributed by atoms with E-state index in [1.54, 1.807) is 32.4 Å². The number of nitrogens with zero attached hydrogens (tertiary/aromatic N) is 1. The van der Waals surface area contributed by atoms with Gasteiger partial charge >= 0.3 is 0 Å². The van der Waals surface area contributed by atoms with Gasteiger partial charge in [-0.15, -0.1) is 11.3 Å². The average molecular weight is 369 g/mol. The molecule has 1 amide bonds. The summed E-state index contributed by atoms with van der Waals surface area (Å²) in [7, 11) is 5.05. The number of likely N-dealkylation sites (N-methyl/N-ethyl adjacent to an activating group) is 1. The third kappa shape index (κ3) is 4.63. The van der Waals surface area contributed by atoms with Gasteiger partial charge in [0.1, 0.15) is 11.5 Å². The second-order valence-corrected chi connectivity index (χ2v) is 7.15. The summed E-state index contributed by atoms with van der Waals surface area (Å²) < 4.78 is 11.2. The van der Waals surface area contributed by atoms with Crippen molar-refractivity contribution in [3.63, 3.8) is 0 Å². The van der Waals surface area contributed by atoms with E-state index in [1.165, 1.54) is 11.3 Å². The molecule has 130 valence electrons. The number of amides is 1. The van der Waals surface area contributed by atoms with E-state index >= 15 is 0 Å². The minimum absolute atomic E-state index is 0.108. The third-order valence-corrected chi connectivity index (χ3v) is 4.96. The van der Waals surface area contributed by atoms with Gasteiger partial charge in [-0.25, -0.2) is 0 Å². The standard InChI is InChI=1S/C17H21ClN2O3S/c1-11(20(2)10-13-6-8-16(18)24-13)17(21)19-14-7-5-12(22-3)9-15(14)23-4/h5-9,11H,10H2,1-4H3,(H,19,21). The number of nitrogens with one attached hydrogen (secondary N) is 1. The van der Waals surface area contributed by atoms with Crippen LogP contribution < -0.4 is 14.8 Å². The van der Waals surface area contributed by atoms with E-state index in [0.29, 0.717) is 23.7 Å². The first kappa shape index (κ1) is 18.6. The molecule has 24 heavy (non-hydrogen) atoms. The lowest BCUT2D eigenvalue weighted by atomic mass is 10.2. The zero-order valence-electron chi connectivity index (χ0n) is 14.1. The summed E-state index contributed by atoms with van der Waals surface area (Å²) in [6, 6.07) is 8.81. The predicted molar refractivity (Wildman–Crippen MR) is 98.4 cm³/mol. The van der Waals surface area contributed by atoms with Crippen LogP contribution in [0.1, 0.15) is 11.8 Å². The Morgan fingerprint density at radius 2 is 2.04 bits per heavy atom. The maximum absolute atomic E-state index is 12.5. The van der Waals surface area contributed by atoms with Gasteiger partial charge in [0.05, 0.1) is 30.3 Å². The fraction of sp³-hybridized carbons (Fsp3) is 0.353. The highest BCUT2D eigenvalue weighted by molar-refractivity contribution is 7.16. The molecule has 0 radical (unpaired) electrons. The highest BCUT2D eigenvalue weighted by Crippen LogP contribution is 2.29. The summed E-state index contributed by atoms with van der Waals surface area (Å²) >= 11 is 7.47. The highest BCUT2D eigenvalue weighted by atomic mass is 35.5. The van der Waals surface area contributed by atoms with Crippen molar-refractivity contribution in [2.75, 3.05) is 26.6 Å². The smallest absolute Gasteiger partial charge is 0.241 e. The quantitative estimate of drug-likeness (QED) is 0.805. The minimum atomic E-state index is -0.308. The van der Waals surface area contributed by atoms with Gasteiger partial charge < -0.3 is 14.8 Å². The van der Waals surface area contributed by atoms with Crippen LogP contribution in [0, 0.1) is 0 Å². The molecule has 1 aromatic heterocycles. The molecule has 1 N–H and O–H groups in total. The number of anilines is 1. The Morgan fingerprint density at radius 1 is 1.29 bits per heavy atom. The van der Waals surface area contributed by atoms with E-state index in [-0.39, 0.29) is 11.9 Å². The summed E-state index contributed by atoms with van der Waals surface area (Å²) in [5.41, 5.74) is 0.614. The minimum Gasteiger partial charge on any atom is -0.497 e. The number of thiophene rings is 1. The fourth-order valence-electron chi connectivity index (χ4n) is 2.16. The van der Waals surface area contributed by atoms with Crippen LogP contribution in [0.2, 0.25) is 4.34 Å². The molecule has 1 unspecified atom stereocenters. The van der Waals surface area contributed by atoms with Gasteiger partial charge in [-0.2, -0.15) is 0 Å². The summed E-state index contributed by atoms with van der Waals surface area (Å²) in [5.74, 6) is 1.12. The molecule has 0 saturated carbocycles. The third-order valence-electron chi connectivity index (χ3n) is 3.74. The predicted octanol–water partition coefficient (Wildman–Crippen LogP) is 3.88. The number of rotatable bonds is 7. The van der Waals surface area contributed by atoms with Gasteiger partial charge in [-0.05, 0) is 38.2 Å². The molecule has 0 spiro atoms. The fourth-order valence-corrected chi connectivity index (χ4v) is 3.31. The average Bonchev–Trinajstić information content (AvgIpc) is 2.99. The Labute approximate surface area is 151 Å². The molecule has 1 heterocycles. The zero-order valence-corrected chi connectivity index (χ0v) is 15.7. The van der Waals surface area contributed by atoms with Crippen molar-refractivity contribution in [3.8, 4) is 11.5 Å². The second-order valence-electron chi connectivity index (χ2n) is 5.35. The van der Waals surface area contributed by atoms with Crippen LogP contribution in [0.15, 0.2) is 30.3 Å². The van der Waals surface area contributed by atoms with E-state index < -0.39 is 0 Å². The van der Waals surface area contributed by atoms with Crippen LogP contribution in [0.25, 0.3) is 0 Å². The van der Waals surface area contributed by atoms with Gasteiger partial charge in [-0.1, -0.05) is 11.6 Å². The Bertz CT molecular complexity index is 705. The number of carbonyl (C=O) groups excluding carboxylic acids is 1. The molecule has 0 saturated heterocycles. The van der Waals surface area contributed by atoms with Crippen molar-refractivity contribution < 1.29 is 14.3 Å². The van der Waals surface area contributed by atoms with Crippen LogP contribution >= 0.6 is 22.9 Å². The Morgan fingerprint density at radius 3 is 2.62 bits per heavy atom. The van der Waals surface area contributed by atoms with E-state index in [4.69, 9.17) is 21.1 Å². The number of benzene rings is 1. The molecular formula is C17H21ClN2O3S. The van der Waals surface area contributed by atoms with Gasteiger partial charge in [-0.3, -0.25) is 9.69 Å². The number of hydrogen-bond acceptors (Lipinski definition) is 5. The molecule has 0 bridgehead atoms. The molecule has 0 aliphatic heterocycles. The number of methoxy groups -OCH3 is 2. The summed E-state index contributed by atoms with van der Waals surface area (Å²) in [5, 5.41) is 2.90. The lowest BCUT2D eigenvalue weighted by molar-refractivity contribution is -0.120. The van der Waals surface area contributed by atoms with Gasteiger partial charge in [0, 0.05) is 17.5 Å². The van der Waals surface area contributed by atoms with Gasteiger partial charge in [0.25, 0.3) is 0 Å². The van der Waals surface area contributed by atoms with Gasteiger partial charge in [0.2, 0.25) is 5.91 Å². The maximum atomic E-state index is 12.5. The molecule has 0 aliphatic rings. The maximum Gasteiger partial charge on any atom is 0.241 e. The molecule has 7 heteroatoms. The van der Waals surface area contributed by atoms with E-state index in [1.807, 2.05) is 31.0 Å². The lowest BCUT2D eigenvalue weighted by Crippen LogP contribution is -2.39. The first-order valence-electron chi connectivity index (χ1n) is 7.42. The zero-order chi connectivity index (χ0) is 17.7. The Balaban J connectivity index is 2.03. The van der Waals surface area contributed by atoms with E-state index in [0.717, 1.165) is 9.21 Å². The molecule has 2 rings (SSSR count). The number of ether oxygens (including phenoxy) is 2. The Kier molecular flexibility index (Phi) is 6.48. The molecule has 0 fully saturated rings.